The first-order chi connectivity index (χ1) is 7.54. The van der Waals surface area contributed by atoms with Gasteiger partial charge in [-0.25, -0.2) is 0 Å². The molecule has 1 rings (SSSR count). The zero-order valence-electron chi connectivity index (χ0n) is 9.88. The molecule has 0 bridgehead atoms. The van der Waals surface area contributed by atoms with Crippen molar-refractivity contribution in [3.63, 3.8) is 0 Å². The van der Waals surface area contributed by atoms with Crippen molar-refractivity contribution in [3.05, 3.63) is 12.4 Å². The summed E-state index contributed by atoms with van der Waals surface area (Å²) in [6, 6.07) is 0.0467. The molecule has 1 unspecified atom stereocenters. The summed E-state index contributed by atoms with van der Waals surface area (Å²) in [5.74, 6) is -0.0207. The lowest BCUT2D eigenvalue weighted by Gasteiger charge is -2.24. The van der Waals surface area contributed by atoms with Crippen LogP contribution < -0.4 is 5.73 Å². The summed E-state index contributed by atoms with van der Waals surface area (Å²) >= 11 is 0. The first-order valence-corrected chi connectivity index (χ1v) is 5.07. The molecule has 1 aromatic rings. The average molecular weight is 226 g/mol. The van der Waals surface area contributed by atoms with Crippen LogP contribution in [-0.4, -0.2) is 47.4 Å². The molecule has 0 aliphatic heterocycles. The Bertz CT molecular complexity index is 350. The minimum atomic E-state index is -0.0207. The lowest BCUT2D eigenvalue weighted by Crippen LogP contribution is -2.39. The normalized spacial score (nSPS) is 12.4. The fourth-order valence-electron chi connectivity index (χ4n) is 1.31. The van der Waals surface area contributed by atoms with E-state index in [2.05, 4.69) is 5.10 Å². The molecule has 1 atom stereocenters. The van der Waals surface area contributed by atoms with Crippen molar-refractivity contribution in [2.24, 2.45) is 0 Å². The smallest absolute Gasteiger partial charge is 0.244 e. The van der Waals surface area contributed by atoms with E-state index in [1.54, 1.807) is 25.3 Å². The largest absolute Gasteiger partial charge is 0.396 e. The van der Waals surface area contributed by atoms with Gasteiger partial charge in [0.05, 0.1) is 24.5 Å². The minimum absolute atomic E-state index is 0.0207. The molecule has 0 saturated heterocycles. The van der Waals surface area contributed by atoms with E-state index in [-0.39, 0.29) is 18.5 Å². The molecule has 0 aromatic carbocycles. The van der Waals surface area contributed by atoms with Crippen molar-refractivity contribution in [3.8, 4) is 0 Å². The number of ether oxygens (including phenoxy) is 1. The number of carbonyl (C=O) groups excluding carboxylic acids is 1. The van der Waals surface area contributed by atoms with Gasteiger partial charge in [-0.2, -0.15) is 5.10 Å². The van der Waals surface area contributed by atoms with E-state index in [1.807, 2.05) is 6.92 Å². The van der Waals surface area contributed by atoms with Crippen LogP contribution in [0.1, 0.15) is 6.92 Å². The fourth-order valence-corrected chi connectivity index (χ4v) is 1.31. The Hall–Kier alpha value is -1.56. The quantitative estimate of drug-likeness (QED) is 0.764. The van der Waals surface area contributed by atoms with E-state index in [0.29, 0.717) is 12.3 Å². The molecular weight excluding hydrogens is 208 g/mol. The average Bonchev–Trinajstić information content (AvgIpc) is 2.63. The third kappa shape index (κ3) is 3.23. The molecule has 1 heterocycles. The van der Waals surface area contributed by atoms with Gasteiger partial charge in [0.25, 0.3) is 0 Å². The summed E-state index contributed by atoms with van der Waals surface area (Å²) in [4.78, 5) is 13.4. The Labute approximate surface area is 95.0 Å². The molecule has 0 spiro atoms. The van der Waals surface area contributed by atoms with Crippen molar-refractivity contribution in [2.75, 3.05) is 26.5 Å². The topological polar surface area (TPSA) is 73.4 Å². The van der Waals surface area contributed by atoms with Crippen molar-refractivity contribution in [2.45, 2.75) is 19.5 Å². The van der Waals surface area contributed by atoms with Crippen LogP contribution in [0.25, 0.3) is 0 Å². The van der Waals surface area contributed by atoms with Gasteiger partial charge in [-0.1, -0.05) is 0 Å². The zero-order valence-corrected chi connectivity index (χ0v) is 9.88. The molecule has 0 radical (unpaired) electrons. The molecule has 0 aliphatic carbocycles. The van der Waals surface area contributed by atoms with Crippen molar-refractivity contribution < 1.29 is 9.53 Å². The van der Waals surface area contributed by atoms with Gasteiger partial charge in [0.2, 0.25) is 5.91 Å². The highest BCUT2D eigenvalue weighted by Gasteiger charge is 2.15. The van der Waals surface area contributed by atoms with Crippen LogP contribution in [0, 0.1) is 0 Å². The maximum absolute atomic E-state index is 11.8. The third-order valence-electron chi connectivity index (χ3n) is 2.41. The SMILES string of the molecule is COCC(C)N(C)C(=O)Cn1cc(N)cn1. The van der Waals surface area contributed by atoms with Gasteiger partial charge < -0.3 is 15.4 Å². The zero-order chi connectivity index (χ0) is 12.1. The molecule has 1 amide bonds. The molecule has 0 saturated carbocycles. The number of aromatic nitrogens is 2. The Morgan fingerprint density at radius 3 is 2.94 bits per heavy atom. The molecule has 16 heavy (non-hydrogen) atoms. The van der Waals surface area contributed by atoms with Gasteiger partial charge in [0, 0.05) is 20.4 Å². The minimum Gasteiger partial charge on any atom is -0.396 e. The second kappa shape index (κ2) is 5.50. The van der Waals surface area contributed by atoms with Gasteiger partial charge >= 0.3 is 0 Å². The first kappa shape index (κ1) is 12.5. The molecule has 6 heteroatoms. The molecule has 0 fully saturated rings. The first-order valence-electron chi connectivity index (χ1n) is 5.07. The number of hydrogen-bond acceptors (Lipinski definition) is 4. The number of nitrogens with two attached hydrogens (primary N) is 1. The van der Waals surface area contributed by atoms with Crippen LogP contribution in [0.5, 0.6) is 0 Å². The molecular formula is C10H18N4O2. The number of hydrogen-bond donors (Lipinski definition) is 1. The second-order valence-electron chi connectivity index (χ2n) is 3.78. The lowest BCUT2D eigenvalue weighted by molar-refractivity contribution is -0.133. The van der Waals surface area contributed by atoms with Crippen LogP contribution in [0.15, 0.2) is 12.4 Å². The van der Waals surface area contributed by atoms with Crippen molar-refractivity contribution >= 4 is 11.6 Å². The van der Waals surface area contributed by atoms with Gasteiger partial charge in [0.1, 0.15) is 6.54 Å². The van der Waals surface area contributed by atoms with E-state index >= 15 is 0 Å². The molecule has 90 valence electrons. The summed E-state index contributed by atoms with van der Waals surface area (Å²) in [5, 5.41) is 3.96. The lowest BCUT2D eigenvalue weighted by atomic mass is 10.3. The maximum atomic E-state index is 11.8. The predicted octanol–water partition coefficient (Wildman–Crippen LogP) is -0.0414. The molecule has 0 aliphatic rings. The summed E-state index contributed by atoms with van der Waals surface area (Å²) in [5.41, 5.74) is 6.07. The number of anilines is 1. The van der Waals surface area contributed by atoms with E-state index in [0.717, 1.165) is 0 Å². The maximum Gasteiger partial charge on any atom is 0.244 e. The van der Waals surface area contributed by atoms with Gasteiger partial charge in [-0.05, 0) is 6.92 Å². The Kier molecular flexibility index (Phi) is 4.30. The van der Waals surface area contributed by atoms with Crippen LogP contribution in [0.2, 0.25) is 0 Å². The highest BCUT2D eigenvalue weighted by Crippen LogP contribution is 2.01. The standard InChI is InChI=1S/C10H18N4O2/c1-8(7-16-3)13(2)10(15)6-14-5-9(11)4-12-14/h4-5,8H,6-7,11H2,1-3H3. The number of amides is 1. The molecule has 2 N–H and O–H groups in total. The van der Waals surface area contributed by atoms with Gasteiger partial charge in [-0.15, -0.1) is 0 Å². The Morgan fingerprint density at radius 2 is 2.44 bits per heavy atom. The number of carbonyl (C=O) groups is 1. The highest BCUT2D eigenvalue weighted by atomic mass is 16.5. The number of nitrogens with zero attached hydrogens (tertiary/aromatic N) is 3. The van der Waals surface area contributed by atoms with Crippen LogP contribution in [0.4, 0.5) is 5.69 Å². The summed E-state index contributed by atoms with van der Waals surface area (Å²) in [7, 11) is 3.36. The van der Waals surface area contributed by atoms with Crippen molar-refractivity contribution in [1.29, 1.82) is 0 Å². The van der Waals surface area contributed by atoms with Crippen molar-refractivity contribution in [1.82, 2.24) is 14.7 Å². The molecule has 6 nitrogen and oxygen atoms in total. The van der Waals surface area contributed by atoms with Crippen LogP contribution in [-0.2, 0) is 16.1 Å². The second-order valence-corrected chi connectivity index (χ2v) is 3.78. The number of nitrogen functional groups attached to an aromatic ring is 1. The van der Waals surface area contributed by atoms with E-state index in [9.17, 15) is 4.79 Å². The third-order valence-corrected chi connectivity index (χ3v) is 2.41. The van der Waals surface area contributed by atoms with Gasteiger partial charge in [0.15, 0.2) is 0 Å². The Balaban J connectivity index is 2.51. The monoisotopic (exact) mass is 226 g/mol. The predicted molar refractivity (Wildman–Crippen MR) is 60.7 cm³/mol. The summed E-state index contributed by atoms with van der Waals surface area (Å²) < 4.78 is 6.51. The Morgan fingerprint density at radius 1 is 1.75 bits per heavy atom. The summed E-state index contributed by atoms with van der Waals surface area (Å²) in [6.07, 6.45) is 3.15. The van der Waals surface area contributed by atoms with Crippen LogP contribution >= 0.6 is 0 Å². The fraction of sp³-hybridized carbons (Fsp3) is 0.600. The summed E-state index contributed by atoms with van der Waals surface area (Å²) in [6.45, 7) is 2.64. The molecule has 1 aromatic heterocycles. The number of methoxy groups -OCH3 is 1. The van der Waals surface area contributed by atoms with E-state index in [1.165, 1.54) is 10.9 Å². The highest BCUT2D eigenvalue weighted by molar-refractivity contribution is 5.76. The van der Waals surface area contributed by atoms with Gasteiger partial charge in [-0.3, -0.25) is 9.48 Å². The van der Waals surface area contributed by atoms with Crippen LogP contribution in [0.3, 0.4) is 0 Å². The number of rotatable bonds is 5. The number of likely N-dealkylation sites (N-methyl/N-ethyl adjacent to an activating group) is 1. The van der Waals surface area contributed by atoms with E-state index in [4.69, 9.17) is 10.5 Å². The van der Waals surface area contributed by atoms with E-state index < -0.39 is 0 Å².